The van der Waals surface area contributed by atoms with Crippen LogP contribution >= 0.6 is 12.4 Å². The van der Waals surface area contributed by atoms with E-state index in [2.05, 4.69) is 5.32 Å². The third-order valence-corrected chi connectivity index (χ3v) is 4.11. The number of benzene rings is 1. The van der Waals surface area contributed by atoms with Crippen LogP contribution in [0.4, 0.5) is 0 Å². The maximum Gasteiger partial charge on any atom is 0.260 e. The van der Waals surface area contributed by atoms with Gasteiger partial charge >= 0.3 is 0 Å². The van der Waals surface area contributed by atoms with Crippen LogP contribution in [0, 0.1) is 5.92 Å². The summed E-state index contributed by atoms with van der Waals surface area (Å²) in [5.74, 6) is 1.50. The Morgan fingerprint density at radius 1 is 1.30 bits per heavy atom. The molecule has 2 atom stereocenters. The number of fused-ring (bicyclic) bond motifs is 1. The topological polar surface area (TPSA) is 41.6 Å². The molecule has 0 radical (unpaired) electrons. The highest BCUT2D eigenvalue weighted by Crippen LogP contribution is 2.24. The number of nitrogens with zero attached hydrogens (tertiary/aromatic N) is 1. The number of amides is 1. The largest absolute Gasteiger partial charge is 0.484 e. The molecule has 0 bridgehead atoms. The number of carbonyl (C=O) groups is 1. The average molecular weight is 297 g/mol. The molecule has 0 saturated carbocycles. The molecular formula is C15H21ClN2O2. The first kappa shape index (κ1) is 15.1. The van der Waals surface area contributed by atoms with Crippen LogP contribution in [0.2, 0.25) is 0 Å². The Hall–Kier alpha value is -1.26. The van der Waals surface area contributed by atoms with E-state index in [-0.39, 0.29) is 24.9 Å². The lowest BCUT2D eigenvalue weighted by Crippen LogP contribution is -2.48. The number of nitrogens with one attached hydrogen (secondary N) is 1. The number of hydrogen-bond acceptors (Lipinski definition) is 3. The van der Waals surface area contributed by atoms with Crippen molar-refractivity contribution in [2.45, 2.75) is 18.9 Å². The van der Waals surface area contributed by atoms with E-state index < -0.39 is 0 Å². The normalized spacial score (nSPS) is 24.7. The van der Waals surface area contributed by atoms with E-state index in [1.165, 1.54) is 6.42 Å². The highest BCUT2D eigenvalue weighted by molar-refractivity contribution is 5.85. The molecule has 1 aromatic rings. The third-order valence-electron chi connectivity index (χ3n) is 4.11. The number of halogens is 1. The van der Waals surface area contributed by atoms with Crippen LogP contribution in [-0.4, -0.2) is 43.1 Å². The summed E-state index contributed by atoms with van der Waals surface area (Å²) in [6.07, 6.45) is 2.26. The fourth-order valence-corrected chi connectivity index (χ4v) is 3.03. The summed E-state index contributed by atoms with van der Waals surface area (Å²) in [7, 11) is 0. The van der Waals surface area contributed by atoms with Crippen molar-refractivity contribution in [1.82, 2.24) is 10.2 Å². The van der Waals surface area contributed by atoms with Crippen LogP contribution in [0.1, 0.15) is 12.8 Å². The van der Waals surface area contributed by atoms with Crippen LogP contribution in [0.3, 0.4) is 0 Å². The molecular weight excluding hydrogens is 276 g/mol. The van der Waals surface area contributed by atoms with Gasteiger partial charge < -0.3 is 15.0 Å². The summed E-state index contributed by atoms with van der Waals surface area (Å²) < 4.78 is 5.53. The Bertz CT molecular complexity index is 441. The van der Waals surface area contributed by atoms with Crippen molar-refractivity contribution >= 4 is 18.3 Å². The lowest BCUT2D eigenvalue weighted by Gasteiger charge is -2.34. The van der Waals surface area contributed by atoms with Gasteiger partial charge in [0, 0.05) is 19.1 Å². The lowest BCUT2D eigenvalue weighted by molar-refractivity contribution is -0.135. The van der Waals surface area contributed by atoms with Crippen molar-refractivity contribution in [3.8, 4) is 5.75 Å². The Labute approximate surface area is 125 Å². The molecule has 0 spiro atoms. The first-order valence-corrected chi connectivity index (χ1v) is 7.02. The van der Waals surface area contributed by atoms with E-state index in [1.54, 1.807) is 0 Å². The molecule has 2 saturated heterocycles. The first-order chi connectivity index (χ1) is 9.33. The number of rotatable bonds is 3. The van der Waals surface area contributed by atoms with Crippen LogP contribution in [0.15, 0.2) is 30.3 Å². The van der Waals surface area contributed by atoms with Crippen molar-refractivity contribution < 1.29 is 9.53 Å². The Morgan fingerprint density at radius 2 is 2.10 bits per heavy atom. The summed E-state index contributed by atoms with van der Waals surface area (Å²) in [6.45, 7) is 2.98. The number of likely N-dealkylation sites (tertiary alicyclic amines) is 1. The molecule has 1 N–H and O–H groups in total. The highest BCUT2D eigenvalue weighted by Gasteiger charge is 2.34. The molecule has 3 rings (SSSR count). The van der Waals surface area contributed by atoms with Gasteiger partial charge in [0.1, 0.15) is 5.75 Å². The van der Waals surface area contributed by atoms with E-state index in [1.807, 2.05) is 35.2 Å². The Balaban J connectivity index is 0.00000147. The van der Waals surface area contributed by atoms with Gasteiger partial charge in [-0.2, -0.15) is 0 Å². The molecule has 20 heavy (non-hydrogen) atoms. The first-order valence-electron chi connectivity index (χ1n) is 7.02. The summed E-state index contributed by atoms with van der Waals surface area (Å²) in [4.78, 5) is 14.1. The standard InChI is InChI=1S/C15H20N2O2.ClH/c18-15(11-19-13-4-2-1-3-5-13)17-9-7-14-12(10-17)6-8-16-14;/h1-5,12,14,16H,6-11H2;1H. The van der Waals surface area contributed by atoms with Gasteiger partial charge in [-0.05, 0) is 37.4 Å². The van der Waals surface area contributed by atoms with Gasteiger partial charge in [-0.3, -0.25) is 4.79 Å². The van der Waals surface area contributed by atoms with Crippen LogP contribution in [0.25, 0.3) is 0 Å². The molecule has 2 aliphatic rings. The van der Waals surface area contributed by atoms with Gasteiger partial charge in [0.2, 0.25) is 0 Å². The van der Waals surface area contributed by atoms with Crippen LogP contribution in [0.5, 0.6) is 5.75 Å². The second kappa shape index (κ2) is 6.95. The molecule has 1 amide bonds. The third kappa shape index (κ3) is 3.44. The van der Waals surface area contributed by atoms with Gasteiger partial charge in [0.15, 0.2) is 6.61 Å². The van der Waals surface area contributed by atoms with Gasteiger partial charge in [0.05, 0.1) is 0 Å². The van der Waals surface area contributed by atoms with Crippen molar-refractivity contribution in [3.63, 3.8) is 0 Å². The number of hydrogen-bond donors (Lipinski definition) is 1. The zero-order chi connectivity index (χ0) is 13.1. The monoisotopic (exact) mass is 296 g/mol. The fraction of sp³-hybridized carbons (Fsp3) is 0.533. The second-order valence-electron chi connectivity index (χ2n) is 5.34. The van der Waals surface area contributed by atoms with Crippen molar-refractivity contribution in [3.05, 3.63) is 30.3 Å². The quantitative estimate of drug-likeness (QED) is 0.923. The molecule has 5 heteroatoms. The Kier molecular flexibility index (Phi) is 5.26. The van der Waals surface area contributed by atoms with E-state index in [4.69, 9.17) is 4.74 Å². The molecule has 4 nitrogen and oxygen atoms in total. The minimum absolute atomic E-state index is 0. The maximum atomic E-state index is 12.1. The van der Waals surface area contributed by atoms with Crippen LogP contribution < -0.4 is 10.1 Å². The maximum absolute atomic E-state index is 12.1. The zero-order valence-corrected chi connectivity index (χ0v) is 12.3. The smallest absolute Gasteiger partial charge is 0.260 e. The SMILES string of the molecule is Cl.O=C(COc1ccccc1)N1CCC2NCCC2C1. The van der Waals surface area contributed by atoms with Gasteiger partial charge in [0.25, 0.3) is 5.91 Å². The van der Waals surface area contributed by atoms with Crippen molar-refractivity contribution in [2.24, 2.45) is 5.92 Å². The molecule has 0 aliphatic carbocycles. The van der Waals surface area contributed by atoms with Gasteiger partial charge in [-0.1, -0.05) is 18.2 Å². The minimum atomic E-state index is 0. The van der Waals surface area contributed by atoms with E-state index in [0.717, 1.165) is 31.8 Å². The van der Waals surface area contributed by atoms with E-state index >= 15 is 0 Å². The predicted octanol–water partition coefficient (Wildman–Crippen LogP) is 1.70. The molecule has 2 fully saturated rings. The van der Waals surface area contributed by atoms with Crippen molar-refractivity contribution in [2.75, 3.05) is 26.2 Å². The number of carbonyl (C=O) groups excluding carboxylic acids is 1. The Morgan fingerprint density at radius 3 is 2.90 bits per heavy atom. The summed E-state index contributed by atoms with van der Waals surface area (Å²) in [5.41, 5.74) is 0. The number of ether oxygens (including phenoxy) is 1. The summed E-state index contributed by atoms with van der Waals surface area (Å²) >= 11 is 0. The fourth-order valence-electron chi connectivity index (χ4n) is 3.03. The molecule has 1 aromatic carbocycles. The zero-order valence-electron chi connectivity index (χ0n) is 11.5. The molecule has 110 valence electrons. The summed E-state index contributed by atoms with van der Waals surface area (Å²) in [5, 5.41) is 3.51. The number of piperidine rings is 1. The lowest BCUT2D eigenvalue weighted by atomic mass is 9.93. The van der Waals surface area contributed by atoms with E-state index in [9.17, 15) is 4.79 Å². The highest BCUT2D eigenvalue weighted by atomic mass is 35.5. The van der Waals surface area contributed by atoms with Gasteiger partial charge in [-0.15, -0.1) is 12.4 Å². The predicted molar refractivity (Wildman–Crippen MR) is 80.3 cm³/mol. The second-order valence-corrected chi connectivity index (χ2v) is 5.34. The van der Waals surface area contributed by atoms with Crippen LogP contribution in [-0.2, 0) is 4.79 Å². The molecule has 2 heterocycles. The molecule has 2 aliphatic heterocycles. The van der Waals surface area contributed by atoms with Gasteiger partial charge in [-0.25, -0.2) is 0 Å². The minimum Gasteiger partial charge on any atom is -0.484 e. The molecule has 0 aromatic heterocycles. The average Bonchev–Trinajstić information content (AvgIpc) is 2.93. The van der Waals surface area contributed by atoms with Crippen molar-refractivity contribution in [1.29, 1.82) is 0 Å². The number of para-hydroxylation sites is 1. The summed E-state index contributed by atoms with van der Waals surface area (Å²) in [6, 6.07) is 10.1. The molecule has 2 unspecified atom stereocenters. The van der Waals surface area contributed by atoms with E-state index in [0.29, 0.717) is 12.0 Å².